The van der Waals surface area contributed by atoms with Crippen molar-refractivity contribution >= 4 is 23.3 Å². The number of fused-ring (bicyclic) bond motifs is 1. The molecule has 2 aliphatic heterocycles. The molecule has 2 fully saturated rings. The molecule has 0 spiro atoms. The number of hydrogen-bond acceptors (Lipinski definition) is 7. The van der Waals surface area contributed by atoms with Crippen molar-refractivity contribution < 1.29 is 24.2 Å². The number of anilines is 1. The third kappa shape index (κ3) is 6.56. The Labute approximate surface area is 242 Å². The van der Waals surface area contributed by atoms with Gasteiger partial charge in [-0.2, -0.15) is 0 Å². The van der Waals surface area contributed by atoms with E-state index in [-0.39, 0.29) is 30.3 Å². The lowest BCUT2D eigenvalue weighted by Gasteiger charge is -2.30. The van der Waals surface area contributed by atoms with Gasteiger partial charge in [-0.15, -0.1) is 0 Å². The highest BCUT2D eigenvalue weighted by Crippen LogP contribution is 2.42. The van der Waals surface area contributed by atoms with Gasteiger partial charge in [0.15, 0.2) is 5.78 Å². The van der Waals surface area contributed by atoms with Gasteiger partial charge in [0.25, 0.3) is 0 Å². The molecule has 2 aromatic rings. The van der Waals surface area contributed by atoms with Crippen molar-refractivity contribution in [3.05, 3.63) is 52.3 Å². The fraction of sp³-hybridized carbons (Fsp3) is 0.562. The van der Waals surface area contributed by atoms with Gasteiger partial charge in [-0.25, -0.2) is 4.98 Å². The van der Waals surface area contributed by atoms with Crippen LogP contribution in [0.5, 0.6) is 5.75 Å². The molecule has 41 heavy (non-hydrogen) atoms. The largest absolute Gasteiger partial charge is 0.491 e. The van der Waals surface area contributed by atoms with Gasteiger partial charge >= 0.3 is 5.97 Å². The Kier molecular flexibility index (Phi) is 8.36. The second kappa shape index (κ2) is 11.8. The number of carbonyl (C=O) groups is 2. The van der Waals surface area contributed by atoms with E-state index < -0.39 is 5.97 Å². The second-order valence-corrected chi connectivity index (χ2v) is 12.6. The molecule has 3 aliphatic rings. The summed E-state index contributed by atoms with van der Waals surface area (Å²) in [7, 11) is 1.72. The number of nitrogens with zero attached hydrogens (tertiary/aromatic N) is 3. The third-order valence-corrected chi connectivity index (χ3v) is 8.28. The Morgan fingerprint density at radius 2 is 1.93 bits per heavy atom. The normalized spacial score (nSPS) is 18.6. The second-order valence-electron chi connectivity index (χ2n) is 12.6. The number of methoxy groups -OCH3 is 1. The van der Waals surface area contributed by atoms with E-state index in [1.165, 1.54) is 0 Å². The molecule has 1 atom stereocenters. The molecule has 0 amide bonds. The summed E-state index contributed by atoms with van der Waals surface area (Å²) in [5.74, 6) is 0.724. The lowest BCUT2D eigenvalue weighted by atomic mass is 9.84. The molecule has 1 saturated carbocycles. The molecule has 1 aromatic heterocycles. The summed E-state index contributed by atoms with van der Waals surface area (Å²) in [6.45, 7) is 8.82. The molecule has 1 saturated heterocycles. The Morgan fingerprint density at radius 3 is 2.59 bits per heavy atom. The summed E-state index contributed by atoms with van der Waals surface area (Å²) >= 11 is 0. The summed E-state index contributed by atoms with van der Waals surface area (Å²) in [6, 6.07) is 8.00. The smallest absolute Gasteiger partial charge is 0.303 e. The Hall–Kier alpha value is -3.46. The van der Waals surface area contributed by atoms with E-state index in [0.29, 0.717) is 55.5 Å². The Morgan fingerprint density at radius 1 is 1.15 bits per heavy atom. The number of aliphatic carboxylic acids is 1. The van der Waals surface area contributed by atoms with E-state index in [0.717, 1.165) is 54.1 Å². The number of carboxylic acids is 1. The molecule has 0 radical (unpaired) electrons. The Bertz CT molecular complexity index is 1330. The average molecular weight is 563 g/mol. The summed E-state index contributed by atoms with van der Waals surface area (Å²) in [5.41, 5.74) is 4.85. The topological polar surface area (TPSA) is 116 Å². The van der Waals surface area contributed by atoms with Crippen LogP contribution >= 0.6 is 0 Å². The standard InChI is InChI=1S/C32H42N4O5/c1-32(2,3)24-15-22(27(37)19-36-17-21-10-11-25(20-8-9-20)34-29(21)31(36)33)16-26(35-13-12-23(18-35)40-4)30(24)41-14-6-5-7-28(38)39/h10-11,15-16,20,23,33H,5-9,12-14,17-19H2,1-4H3,(H,38,39). The van der Waals surface area contributed by atoms with Gasteiger partial charge in [-0.1, -0.05) is 26.8 Å². The third-order valence-electron chi connectivity index (χ3n) is 8.28. The quantitative estimate of drug-likeness (QED) is 0.270. The predicted octanol–water partition coefficient (Wildman–Crippen LogP) is 5.14. The highest BCUT2D eigenvalue weighted by atomic mass is 16.5. The first-order valence-corrected chi connectivity index (χ1v) is 14.7. The average Bonchev–Trinajstić information content (AvgIpc) is 3.59. The van der Waals surface area contributed by atoms with E-state index in [4.69, 9.17) is 25.0 Å². The molecular weight excluding hydrogens is 520 g/mol. The SMILES string of the molecule is COC1CCN(c2cc(C(=O)CN3Cc4ccc(C5CC5)nc4C3=N)cc(C(C)(C)C)c2OCCCCC(=O)O)C1. The number of Topliss-reactive ketones (excluding diaryl/α,β-unsaturated/α-hetero) is 1. The van der Waals surface area contributed by atoms with Crippen LogP contribution in [0.3, 0.4) is 0 Å². The number of unbranched alkanes of at least 4 members (excludes halogenated alkanes) is 1. The van der Waals surface area contributed by atoms with Crippen LogP contribution in [0.4, 0.5) is 5.69 Å². The minimum absolute atomic E-state index is 0.0489. The maximum absolute atomic E-state index is 13.8. The van der Waals surface area contributed by atoms with Crippen LogP contribution < -0.4 is 9.64 Å². The van der Waals surface area contributed by atoms with Gasteiger partial charge in [-0.05, 0) is 55.7 Å². The van der Waals surface area contributed by atoms with Crippen molar-refractivity contribution in [2.24, 2.45) is 0 Å². The summed E-state index contributed by atoms with van der Waals surface area (Å²) in [4.78, 5) is 33.6. The summed E-state index contributed by atoms with van der Waals surface area (Å²) in [6.07, 6.45) is 4.59. The molecule has 2 N–H and O–H groups in total. The first-order valence-electron chi connectivity index (χ1n) is 14.7. The molecule has 9 nitrogen and oxygen atoms in total. The van der Waals surface area contributed by atoms with Crippen LogP contribution in [0, 0.1) is 5.41 Å². The van der Waals surface area contributed by atoms with Crippen LogP contribution in [0.1, 0.15) is 98.1 Å². The minimum atomic E-state index is -0.806. The van der Waals surface area contributed by atoms with Crippen LogP contribution in [0.25, 0.3) is 0 Å². The van der Waals surface area contributed by atoms with Gasteiger partial charge in [0.2, 0.25) is 0 Å². The molecule has 5 rings (SSSR count). The Balaban J connectivity index is 1.41. The molecule has 0 bridgehead atoms. The zero-order valence-electron chi connectivity index (χ0n) is 24.7. The predicted molar refractivity (Wildman–Crippen MR) is 158 cm³/mol. The van der Waals surface area contributed by atoms with Gasteiger partial charge in [0.05, 0.1) is 24.9 Å². The van der Waals surface area contributed by atoms with Crippen LogP contribution in [0.15, 0.2) is 24.3 Å². The number of nitrogens with one attached hydrogen (secondary N) is 1. The molecular formula is C32H42N4O5. The van der Waals surface area contributed by atoms with Crippen molar-refractivity contribution in [3.8, 4) is 5.75 Å². The van der Waals surface area contributed by atoms with Gasteiger partial charge < -0.3 is 24.4 Å². The van der Waals surface area contributed by atoms with Crippen molar-refractivity contribution in [3.63, 3.8) is 0 Å². The lowest BCUT2D eigenvalue weighted by molar-refractivity contribution is -0.137. The van der Waals surface area contributed by atoms with E-state index in [1.807, 2.05) is 17.0 Å². The number of carbonyl (C=O) groups excluding carboxylic acids is 1. The van der Waals surface area contributed by atoms with E-state index in [1.54, 1.807) is 7.11 Å². The van der Waals surface area contributed by atoms with E-state index in [9.17, 15) is 9.59 Å². The molecule has 9 heteroatoms. The number of pyridine rings is 1. The number of ether oxygens (including phenoxy) is 2. The van der Waals surface area contributed by atoms with Crippen LogP contribution in [-0.2, 0) is 21.5 Å². The van der Waals surface area contributed by atoms with Gasteiger partial charge in [0, 0.05) is 61.5 Å². The zero-order valence-corrected chi connectivity index (χ0v) is 24.7. The monoisotopic (exact) mass is 562 g/mol. The highest BCUT2D eigenvalue weighted by molar-refractivity contribution is 6.05. The number of carboxylic acid groups (broad SMARTS) is 1. The molecule has 3 heterocycles. The van der Waals surface area contributed by atoms with Crippen molar-refractivity contribution in [2.45, 2.75) is 83.3 Å². The van der Waals surface area contributed by atoms with E-state index in [2.05, 4.69) is 37.8 Å². The van der Waals surface area contributed by atoms with Crippen LogP contribution in [-0.4, -0.2) is 72.0 Å². The molecule has 220 valence electrons. The summed E-state index contributed by atoms with van der Waals surface area (Å²) < 4.78 is 12.0. The van der Waals surface area contributed by atoms with Crippen molar-refractivity contribution in [2.75, 3.05) is 38.3 Å². The van der Waals surface area contributed by atoms with Crippen molar-refractivity contribution in [1.29, 1.82) is 5.41 Å². The number of aromatic nitrogens is 1. The fourth-order valence-electron chi connectivity index (χ4n) is 5.69. The molecule has 1 unspecified atom stereocenters. The molecule has 1 aliphatic carbocycles. The first kappa shape index (κ1) is 29.0. The fourth-order valence-corrected chi connectivity index (χ4v) is 5.69. The van der Waals surface area contributed by atoms with Gasteiger partial charge in [0.1, 0.15) is 17.3 Å². The van der Waals surface area contributed by atoms with Crippen LogP contribution in [0.2, 0.25) is 0 Å². The maximum atomic E-state index is 13.8. The number of benzene rings is 1. The summed E-state index contributed by atoms with van der Waals surface area (Å²) in [5, 5.41) is 17.8. The number of hydrogen-bond donors (Lipinski definition) is 2. The van der Waals surface area contributed by atoms with Gasteiger partial charge in [-0.3, -0.25) is 15.0 Å². The maximum Gasteiger partial charge on any atom is 0.303 e. The first-order chi connectivity index (χ1) is 19.5. The van der Waals surface area contributed by atoms with E-state index >= 15 is 0 Å². The van der Waals surface area contributed by atoms with Crippen molar-refractivity contribution in [1.82, 2.24) is 9.88 Å². The number of amidine groups is 1. The zero-order chi connectivity index (χ0) is 29.3. The lowest BCUT2D eigenvalue weighted by Crippen LogP contribution is -2.31. The minimum Gasteiger partial charge on any atom is -0.491 e. The number of rotatable bonds is 12. The highest BCUT2D eigenvalue weighted by Gasteiger charge is 2.33. The molecule has 1 aromatic carbocycles. The number of ketones is 1.